The van der Waals surface area contributed by atoms with Gasteiger partial charge in [0, 0.05) is 11.6 Å². The maximum Gasteiger partial charge on any atom is 0.142 e. The van der Waals surface area contributed by atoms with Gasteiger partial charge in [0.25, 0.3) is 0 Å². The first kappa shape index (κ1) is 12.4. The molecule has 0 bridgehead atoms. The standard InChI is InChI=1S/C14H16FN3S/c1-8(9-4-6-11(15)7-5-9)17-14-12(10-2-3-10)13(16)18-19-14/h4-8,10,17H,2-3H2,1H3,(H2,16,18). The number of rotatable bonds is 4. The Morgan fingerprint density at radius 1 is 1.37 bits per heavy atom. The summed E-state index contributed by atoms with van der Waals surface area (Å²) < 4.78 is 17.1. The van der Waals surface area contributed by atoms with Gasteiger partial charge in [0.15, 0.2) is 0 Å². The number of nitrogens with zero attached hydrogens (tertiary/aromatic N) is 1. The van der Waals surface area contributed by atoms with Crippen LogP contribution in [-0.4, -0.2) is 4.37 Å². The summed E-state index contributed by atoms with van der Waals surface area (Å²) in [5.41, 5.74) is 8.14. The predicted molar refractivity (Wildman–Crippen MR) is 76.9 cm³/mol. The molecule has 3 nitrogen and oxygen atoms in total. The molecular formula is C14H16FN3S. The van der Waals surface area contributed by atoms with E-state index in [1.165, 1.54) is 42.1 Å². The van der Waals surface area contributed by atoms with Crippen LogP contribution in [-0.2, 0) is 0 Å². The van der Waals surface area contributed by atoms with Crippen molar-refractivity contribution in [3.8, 4) is 0 Å². The maximum atomic E-state index is 12.9. The maximum absolute atomic E-state index is 12.9. The first-order valence-electron chi connectivity index (χ1n) is 6.42. The van der Waals surface area contributed by atoms with Crippen LogP contribution < -0.4 is 11.1 Å². The summed E-state index contributed by atoms with van der Waals surface area (Å²) in [6.45, 7) is 2.06. The van der Waals surface area contributed by atoms with Crippen LogP contribution in [0.3, 0.4) is 0 Å². The summed E-state index contributed by atoms with van der Waals surface area (Å²) in [5, 5.41) is 4.49. The van der Waals surface area contributed by atoms with E-state index in [1.807, 2.05) is 0 Å². The molecule has 1 unspecified atom stereocenters. The van der Waals surface area contributed by atoms with Crippen LogP contribution in [0.25, 0.3) is 0 Å². The molecule has 3 N–H and O–H groups in total. The molecule has 19 heavy (non-hydrogen) atoms. The van der Waals surface area contributed by atoms with Crippen LogP contribution in [0.2, 0.25) is 0 Å². The Morgan fingerprint density at radius 2 is 2.05 bits per heavy atom. The summed E-state index contributed by atoms with van der Waals surface area (Å²) in [7, 11) is 0. The molecule has 2 aromatic rings. The van der Waals surface area contributed by atoms with Crippen LogP contribution in [0.5, 0.6) is 0 Å². The highest BCUT2D eigenvalue weighted by Crippen LogP contribution is 2.48. The largest absolute Gasteiger partial charge is 0.383 e. The molecule has 1 saturated carbocycles. The zero-order chi connectivity index (χ0) is 13.4. The van der Waals surface area contributed by atoms with Gasteiger partial charge in [0.1, 0.15) is 16.6 Å². The Hall–Kier alpha value is -1.62. The van der Waals surface area contributed by atoms with E-state index in [1.54, 1.807) is 12.1 Å². The average Bonchev–Trinajstić information content (AvgIpc) is 3.16. The molecule has 1 aromatic heterocycles. The smallest absolute Gasteiger partial charge is 0.142 e. The Kier molecular flexibility index (Phi) is 3.14. The fraction of sp³-hybridized carbons (Fsp3) is 0.357. The molecule has 1 aliphatic rings. The number of aromatic nitrogens is 1. The van der Waals surface area contributed by atoms with Crippen molar-refractivity contribution in [2.24, 2.45) is 0 Å². The van der Waals surface area contributed by atoms with E-state index in [0.717, 1.165) is 10.6 Å². The second-order valence-corrected chi connectivity index (χ2v) is 5.78. The molecule has 1 aromatic carbocycles. The third-order valence-electron chi connectivity index (χ3n) is 3.46. The topological polar surface area (TPSA) is 50.9 Å². The summed E-state index contributed by atoms with van der Waals surface area (Å²) >= 11 is 1.41. The summed E-state index contributed by atoms with van der Waals surface area (Å²) in [4.78, 5) is 0. The van der Waals surface area contributed by atoms with Gasteiger partial charge in [0.2, 0.25) is 0 Å². The quantitative estimate of drug-likeness (QED) is 0.890. The van der Waals surface area contributed by atoms with Gasteiger partial charge < -0.3 is 11.1 Å². The molecule has 0 aliphatic heterocycles. The third-order valence-corrected chi connectivity index (χ3v) is 4.27. The van der Waals surface area contributed by atoms with Crippen LogP contribution in [0.1, 0.15) is 42.9 Å². The van der Waals surface area contributed by atoms with Crippen LogP contribution in [0.15, 0.2) is 24.3 Å². The van der Waals surface area contributed by atoms with Crippen molar-refractivity contribution in [3.63, 3.8) is 0 Å². The highest BCUT2D eigenvalue weighted by molar-refractivity contribution is 7.10. The Balaban J connectivity index is 1.79. The number of hydrogen-bond donors (Lipinski definition) is 2. The van der Waals surface area contributed by atoms with Gasteiger partial charge in [-0.25, -0.2) is 4.39 Å². The first-order valence-corrected chi connectivity index (χ1v) is 7.19. The predicted octanol–water partition coefficient (Wildman–Crippen LogP) is 3.91. The van der Waals surface area contributed by atoms with Gasteiger partial charge in [-0.3, -0.25) is 0 Å². The second-order valence-electron chi connectivity index (χ2n) is 5.00. The minimum atomic E-state index is -0.211. The summed E-state index contributed by atoms with van der Waals surface area (Å²) in [5.74, 6) is 1.01. The fourth-order valence-electron chi connectivity index (χ4n) is 2.21. The summed E-state index contributed by atoms with van der Waals surface area (Å²) in [6, 6.07) is 6.67. The van der Waals surface area contributed by atoms with Crippen molar-refractivity contribution in [1.29, 1.82) is 0 Å². The lowest BCUT2D eigenvalue weighted by Crippen LogP contribution is -2.07. The van der Waals surface area contributed by atoms with Gasteiger partial charge in [-0.1, -0.05) is 12.1 Å². The number of nitrogens with one attached hydrogen (secondary N) is 1. The minimum Gasteiger partial charge on any atom is -0.383 e. The van der Waals surface area contributed by atoms with Crippen molar-refractivity contribution in [2.45, 2.75) is 31.7 Å². The number of halogens is 1. The molecule has 0 spiro atoms. The minimum absolute atomic E-state index is 0.109. The highest BCUT2D eigenvalue weighted by atomic mass is 32.1. The second kappa shape index (κ2) is 4.81. The molecule has 1 fully saturated rings. The molecule has 100 valence electrons. The number of hydrogen-bond acceptors (Lipinski definition) is 4. The zero-order valence-corrected chi connectivity index (χ0v) is 11.5. The first-order chi connectivity index (χ1) is 9.15. The monoisotopic (exact) mass is 277 g/mol. The van der Waals surface area contributed by atoms with Crippen LogP contribution >= 0.6 is 11.5 Å². The fourth-order valence-corrected chi connectivity index (χ4v) is 3.10. The number of anilines is 2. The molecule has 1 atom stereocenters. The number of nitrogen functional groups attached to an aromatic ring is 1. The van der Waals surface area contributed by atoms with E-state index in [4.69, 9.17) is 5.73 Å². The van der Waals surface area contributed by atoms with Crippen molar-refractivity contribution in [3.05, 3.63) is 41.2 Å². The van der Waals surface area contributed by atoms with E-state index in [-0.39, 0.29) is 11.9 Å². The highest BCUT2D eigenvalue weighted by Gasteiger charge is 2.30. The molecular weight excluding hydrogens is 261 g/mol. The lowest BCUT2D eigenvalue weighted by Gasteiger charge is -2.15. The van der Waals surface area contributed by atoms with Crippen molar-refractivity contribution < 1.29 is 4.39 Å². The van der Waals surface area contributed by atoms with Crippen molar-refractivity contribution in [2.75, 3.05) is 11.1 Å². The third kappa shape index (κ3) is 2.56. The van der Waals surface area contributed by atoms with E-state index in [2.05, 4.69) is 16.6 Å². The molecule has 5 heteroatoms. The van der Waals surface area contributed by atoms with Gasteiger partial charge in [0.05, 0.1) is 0 Å². The zero-order valence-electron chi connectivity index (χ0n) is 10.7. The Labute approximate surface area is 115 Å². The van der Waals surface area contributed by atoms with E-state index < -0.39 is 0 Å². The SMILES string of the molecule is CC(Nc1snc(N)c1C1CC1)c1ccc(F)cc1. The van der Waals surface area contributed by atoms with E-state index >= 15 is 0 Å². The molecule has 0 saturated heterocycles. The van der Waals surface area contributed by atoms with Crippen molar-refractivity contribution in [1.82, 2.24) is 4.37 Å². The lowest BCUT2D eigenvalue weighted by molar-refractivity contribution is 0.626. The van der Waals surface area contributed by atoms with E-state index in [9.17, 15) is 4.39 Å². The van der Waals surface area contributed by atoms with Gasteiger partial charge in [-0.05, 0) is 54.9 Å². The normalized spacial score (nSPS) is 16.3. The molecule has 0 amide bonds. The Bertz CT molecular complexity index is 575. The molecule has 1 heterocycles. The van der Waals surface area contributed by atoms with Gasteiger partial charge >= 0.3 is 0 Å². The molecule has 1 aliphatic carbocycles. The number of benzene rings is 1. The van der Waals surface area contributed by atoms with Crippen molar-refractivity contribution >= 4 is 22.4 Å². The van der Waals surface area contributed by atoms with Crippen LogP contribution in [0.4, 0.5) is 15.2 Å². The Morgan fingerprint density at radius 3 is 2.68 bits per heavy atom. The number of nitrogens with two attached hydrogens (primary N) is 1. The van der Waals surface area contributed by atoms with E-state index in [0.29, 0.717) is 11.7 Å². The van der Waals surface area contributed by atoms with Gasteiger partial charge in [-0.15, -0.1) is 0 Å². The molecule has 0 radical (unpaired) electrons. The van der Waals surface area contributed by atoms with Gasteiger partial charge in [-0.2, -0.15) is 4.37 Å². The van der Waals surface area contributed by atoms with Crippen LogP contribution in [0, 0.1) is 5.82 Å². The average molecular weight is 277 g/mol. The molecule has 3 rings (SSSR count). The lowest BCUT2D eigenvalue weighted by atomic mass is 10.1. The summed E-state index contributed by atoms with van der Waals surface area (Å²) in [6.07, 6.45) is 2.39.